The van der Waals surface area contributed by atoms with Crippen LogP contribution in [0.5, 0.6) is 5.75 Å². The Morgan fingerprint density at radius 2 is 1.92 bits per heavy atom. The van der Waals surface area contributed by atoms with E-state index in [1.807, 2.05) is 17.0 Å². The second kappa shape index (κ2) is 9.19. The molecule has 2 fully saturated rings. The Balaban J connectivity index is 1.34. The summed E-state index contributed by atoms with van der Waals surface area (Å²) < 4.78 is 16.4. The van der Waals surface area contributed by atoms with E-state index in [1.54, 1.807) is 0 Å². The fourth-order valence-corrected chi connectivity index (χ4v) is 6.28. The fourth-order valence-electron chi connectivity index (χ4n) is 6.28. The Bertz CT molecular complexity index is 1480. The third-order valence-corrected chi connectivity index (χ3v) is 8.19. The number of piperidine rings is 1. The van der Waals surface area contributed by atoms with Crippen LogP contribution in [0.1, 0.15) is 36.0 Å². The predicted molar refractivity (Wildman–Crippen MR) is 143 cm³/mol. The van der Waals surface area contributed by atoms with Crippen LogP contribution < -0.4 is 10.5 Å². The molecule has 2 aromatic carbocycles. The number of carbonyl (C=O) groups excluding carboxylic acids is 1. The van der Waals surface area contributed by atoms with Crippen molar-refractivity contribution >= 4 is 27.8 Å². The van der Waals surface area contributed by atoms with Crippen LogP contribution in [0.15, 0.2) is 42.5 Å². The van der Waals surface area contributed by atoms with E-state index in [9.17, 15) is 4.79 Å². The smallest absolute Gasteiger partial charge is 0.254 e. The van der Waals surface area contributed by atoms with E-state index in [4.69, 9.17) is 20.2 Å². The van der Waals surface area contributed by atoms with Crippen LogP contribution in [-0.4, -0.2) is 63.9 Å². The predicted octanol–water partition coefficient (Wildman–Crippen LogP) is 4.04. The molecular weight excluding hydrogens is 466 g/mol. The van der Waals surface area contributed by atoms with Crippen molar-refractivity contribution in [3.05, 3.63) is 48.0 Å². The number of amides is 1. The maximum atomic E-state index is 13.4. The second-order valence-electron chi connectivity index (χ2n) is 10.7. The van der Waals surface area contributed by atoms with Crippen LogP contribution >= 0.6 is 0 Å². The summed E-state index contributed by atoms with van der Waals surface area (Å²) in [6.45, 7) is 5.22. The van der Waals surface area contributed by atoms with Crippen LogP contribution in [0, 0.1) is 5.92 Å². The van der Waals surface area contributed by atoms with Crippen LogP contribution in [0.2, 0.25) is 0 Å². The van der Waals surface area contributed by atoms with E-state index in [0.29, 0.717) is 24.6 Å². The Morgan fingerprint density at radius 3 is 2.78 bits per heavy atom. The van der Waals surface area contributed by atoms with Crippen LogP contribution in [0.4, 0.5) is 0 Å². The maximum absolute atomic E-state index is 13.4. The number of ether oxygens (including phenoxy) is 2. The van der Waals surface area contributed by atoms with Gasteiger partial charge in [0.05, 0.1) is 17.8 Å². The van der Waals surface area contributed by atoms with Crippen molar-refractivity contribution in [1.29, 1.82) is 0 Å². The number of fused-ring (bicyclic) bond motifs is 1. The van der Waals surface area contributed by atoms with Crippen molar-refractivity contribution in [2.75, 3.05) is 32.9 Å². The number of nitrogens with two attached hydrogens (primary N) is 1. The molecule has 8 nitrogen and oxygen atoms in total. The van der Waals surface area contributed by atoms with E-state index in [1.165, 1.54) is 10.9 Å². The number of hydrogen-bond acceptors (Lipinski definition) is 5. The normalized spacial score (nSPS) is 20.5. The molecular formula is C29H33N5O3. The molecule has 4 aromatic rings. The Morgan fingerprint density at radius 1 is 1.05 bits per heavy atom. The molecule has 0 radical (unpaired) electrons. The minimum atomic E-state index is 0.00667. The van der Waals surface area contributed by atoms with Gasteiger partial charge in [-0.3, -0.25) is 4.79 Å². The molecule has 2 N–H and O–H groups in total. The summed E-state index contributed by atoms with van der Waals surface area (Å²) in [4.78, 5) is 20.4. The first kappa shape index (κ1) is 22.8. The van der Waals surface area contributed by atoms with E-state index in [2.05, 4.69) is 39.5 Å². The summed E-state index contributed by atoms with van der Waals surface area (Å²) in [5.74, 6) is 2.26. The molecule has 192 valence electrons. The van der Waals surface area contributed by atoms with Gasteiger partial charge in [-0.2, -0.15) is 0 Å². The fraction of sp³-hybridized carbons (Fsp3) is 0.448. The minimum absolute atomic E-state index is 0.00667. The Labute approximate surface area is 215 Å². The van der Waals surface area contributed by atoms with Crippen molar-refractivity contribution < 1.29 is 14.3 Å². The van der Waals surface area contributed by atoms with Crippen LogP contribution in [0.25, 0.3) is 33.5 Å². The molecule has 0 aliphatic carbocycles. The highest BCUT2D eigenvalue weighted by molar-refractivity contribution is 6.00. The van der Waals surface area contributed by atoms with Gasteiger partial charge in [0.1, 0.15) is 17.9 Å². The standard InChI is InChI=1S/C29H33N5O3/c30-22-5-3-9-32(18-22)29(35)21-14-23-27-26(16-21)37-13-10-33(27)28(31-23)25-15-20-4-1-2-6-24(20)34(25)17-19-7-11-36-12-8-19/h1-2,4,6,14-16,19,22H,3,5,7-13,17-18,30H2. The lowest BCUT2D eigenvalue weighted by atomic mass is 10.0. The molecule has 0 spiro atoms. The Hall–Kier alpha value is -3.36. The highest BCUT2D eigenvalue weighted by Gasteiger charge is 2.28. The van der Waals surface area contributed by atoms with E-state index in [-0.39, 0.29) is 11.9 Å². The molecule has 1 amide bonds. The Kier molecular flexibility index (Phi) is 5.66. The van der Waals surface area contributed by atoms with Crippen molar-refractivity contribution in [1.82, 2.24) is 19.0 Å². The zero-order valence-corrected chi connectivity index (χ0v) is 21.1. The van der Waals surface area contributed by atoms with Gasteiger partial charge in [-0.1, -0.05) is 18.2 Å². The zero-order valence-electron chi connectivity index (χ0n) is 21.1. The zero-order chi connectivity index (χ0) is 24.9. The molecule has 0 bridgehead atoms. The van der Waals surface area contributed by atoms with E-state index in [0.717, 1.165) is 86.8 Å². The SMILES string of the molecule is NC1CCCN(C(=O)c2cc3c4c(c2)nc(-c2cc5ccccc5n2CC2CCOCC2)n4CCO3)C1. The summed E-state index contributed by atoms with van der Waals surface area (Å²) in [6, 6.07) is 14.7. The number of imidazole rings is 1. The third kappa shape index (κ3) is 3.99. The van der Waals surface area contributed by atoms with Crippen molar-refractivity contribution in [2.45, 2.75) is 44.8 Å². The van der Waals surface area contributed by atoms with Gasteiger partial charge in [-0.15, -0.1) is 0 Å². The lowest BCUT2D eigenvalue weighted by Gasteiger charge is -2.31. The first-order chi connectivity index (χ1) is 18.2. The summed E-state index contributed by atoms with van der Waals surface area (Å²) >= 11 is 0. The number of rotatable bonds is 4. The van der Waals surface area contributed by atoms with Gasteiger partial charge in [0.25, 0.3) is 5.91 Å². The first-order valence-corrected chi connectivity index (χ1v) is 13.5. The number of nitrogens with zero attached hydrogens (tertiary/aromatic N) is 4. The quantitative estimate of drug-likeness (QED) is 0.458. The van der Waals surface area contributed by atoms with Crippen LogP contribution in [-0.2, 0) is 17.8 Å². The molecule has 1 atom stereocenters. The van der Waals surface area contributed by atoms with Crippen LogP contribution in [0.3, 0.4) is 0 Å². The summed E-state index contributed by atoms with van der Waals surface area (Å²) in [7, 11) is 0. The molecule has 3 aliphatic rings. The largest absolute Gasteiger partial charge is 0.489 e. The number of hydrogen-bond donors (Lipinski definition) is 1. The average molecular weight is 500 g/mol. The molecule has 0 saturated carbocycles. The topological polar surface area (TPSA) is 87.5 Å². The molecule has 2 aromatic heterocycles. The first-order valence-electron chi connectivity index (χ1n) is 13.5. The van der Waals surface area contributed by atoms with Gasteiger partial charge < -0.3 is 29.2 Å². The van der Waals surface area contributed by atoms with Gasteiger partial charge in [0.15, 0.2) is 5.82 Å². The highest BCUT2D eigenvalue weighted by Crippen LogP contribution is 2.37. The lowest BCUT2D eigenvalue weighted by molar-refractivity contribution is 0.0617. The average Bonchev–Trinajstić information content (AvgIpc) is 3.48. The van der Waals surface area contributed by atoms with Gasteiger partial charge in [0.2, 0.25) is 0 Å². The molecule has 1 unspecified atom stereocenters. The molecule has 37 heavy (non-hydrogen) atoms. The lowest BCUT2D eigenvalue weighted by Crippen LogP contribution is -2.45. The monoisotopic (exact) mass is 499 g/mol. The van der Waals surface area contributed by atoms with E-state index >= 15 is 0 Å². The number of aromatic nitrogens is 3. The number of likely N-dealkylation sites (tertiary alicyclic amines) is 1. The number of para-hydroxylation sites is 1. The molecule has 7 rings (SSSR count). The summed E-state index contributed by atoms with van der Waals surface area (Å²) in [6.07, 6.45) is 4.06. The second-order valence-corrected chi connectivity index (χ2v) is 10.7. The van der Waals surface area contributed by atoms with E-state index < -0.39 is 0 Å². The van der Waals surface area contributed by atoms with Gasteiger partial charge in [-0.05, 0) is 55.9 Å². The minimum Gasteiger partial charge on any atom is -0.489 e. The van der Waals surface area contributed by atoms with Crippen molar-refractivity contribution in [2.24, 2.45) is 11.7 Å². The molecule has 8 heteroatoms. The van der Waals surface area contributed by atoms with Gasteiger partial charge >= 0.3 is 0 Å². The third-order valence-electron chi connectivity index (χ3n) is 8.19. The van der Waals surface area contributed by atoms with Gasteiger partial charge in [-0.25, -0.2) is 4.98 Å². The number of benzene rings is 2. The highest BCUT2D eigenvalue weighted by atomic mass is 16.5. The van der Waals surface area contributed by atoms with Gasteiger partial charge in [0, 0.05) is 55.4 Å². The summed E-state index contributed by atoms with van der Waals surface area (Å²) in [5, 5.41) is 1.22. The maximum Gasteiger partial charge on any atom is 0.254 e. The molecule has 3 aliphatic heterocycles. The van der Waals surface area contributed by atoms with Crippen molar-refractivity contribution in [3.8, 4) is 17.3 Å². The molecule has 5 heterocycles. The molecule has 2 saturated heterocycles. The number of carbonyl (C=O) groups is 1. The van der Waals surface area contributed by atoms with Crippen molar-refractivity contribution in [3.63, 3.8) is 0 Å². The summed E-state index contributed by atoms with van der Waals surface area (Å²) in [5.41, 5.74) is 10.9.